The molecule has 0 amide bonds. The lowest BCUT2D eigenvalue weighted by Crippen LogP contribution is -2.23. The number of nitrogens with one attached hydrogen (secondary N) is 1. The quantitative estimate of drug-likeness (QED) is 0.290. The molecular formula is C30H33NO3. The first-order chi connectivity index (χ1) is 16.5. The maximum atomic E-state index is 11.5. The molecule has 3 N–H and O–H groups in total. The molecule has 0 aliphatic heterocycles. The fourth-order valence-corrected chi connectivity index (χ4v) is 4.44. The van der Waals surface area contributed by atoms with E-state index in [0.29, 0.717) is 18.4 Å². The van der Waals surface area contributed by atoms with Gasteiger partial charge >= 0.3 is 5.97 Å². The first kappa shape index (κ1) is 23.8. The van der Waals surface area contributed by atoms with Crippen LogP contribution in [0.15, 0.2) is 78.9 Å². The van der Waals surface area contributed by atoms with Gasteiger partial charge in [0.05, 0.1) is 0 Å². The Kier molecular flexibility index (Phi) is 7.81. The van der Waals surface area contributed by atoms with Gasteiger partial charge in [0.25, 0.3) is 0 Å². The molecule has 176 valence electrons. The highest BCUT2D eigenvalue weighted by Gasteiger charge is 2.22. The first-order valence-corrected chi connectivity index (χ1v) is 12.2. The van der Waals surface area contributed by atoms with Gasteiger partial charge in [0.1, 0.15) is 5.75 Å². The summed E-state index contributed by atoms with van der Waals surface area (Å²) in [6.07, 6.45) is 4.12. The third-order valence-corrected chi connectivity index (χ3v) is 6.56. The van der Waals surface area contributed by atoms with Crippen LogP contribution in [0.25, 0.3) is 11.1 Å². The summed E-state index contributed by atoms with van der Waals surface area (Å²) < 4.78 is 0. The molecule has 1 fully saturated rings. The molecule has 0 bridgehead atoms. The second-order valence-electron chi connectivity index (χ2n) is 9.07. The Hall–Kier alpha value is -3.37. The van der Waals surface area contributed by atoms with Crippen molar-refractivity contribution in [2.45, 2.75) is 51.0 Å². The largest absolute Gasteiger partial charge is 0.508 e. The van der Waals surface area contributed by atoms with Crippen LogP contribution in [0, 0.1) is 0 Å². The minimum atomic E-state index is -0.817. The van der Waals surface area contributed by atoms with Crippen LogP contribution in [0.2, 0.25) is 0 Å². The second kappa shape index (κ2) is 11.2. The maximum absolute atomic E-state index is 11.5. The topological polar surface area (TPSA) is 69.6 Å². The minimum Gasteiger partial charge on any atom is -0.508 e. The Morgan fingerprint density at radius 2 is 1.50 bits per heavy atom. The highest BCUT2D eigenvalue weighted by atomic mass is 16.4. The molecule has 4 rings (SSSR count). The van der Waals surface area contributed by atoms with Gasteiger partial charge in [-0.05, 0) is 77.1 Å². The van der Waals surface area contributed by atoms with Gasteiger partial charge in [-0.3, -0.25) is 4.79 Å². The third kappa shape index (κ3) is 6.15. The van der Waals surface area contributed by atoms with Crippen molar-refractivity contribution in [1.29, 1.82) is 0 Å². The zero-order valence-corrected chi connectivity index (χ0v) is 19.7. The van der Waals surface area contributed by atoms with E-state index in [1.807, 2.05) is 42.5 Å². The van der Waals surface area contributed by atoms with E-state index in [4.69, 9.17) is 0 Å². The molecule has 1 aliphatic rings. The number of benzene rings is 3. The Labute approximate surface area is 202 Å². The molecule has 0 heterocycles. The molecule has 0 spiro atoms. The molecule has 4 heteroatoms. The van der Waals surface area contributed by atoms with Crippen LogP contribution >= 0.6 is 0 Å². The van der Waals surface area contributed by atoms with Crippen LogP contribution in [0.5, 0.6) is 5.75 Å². The number of carbonyl (C=O) groups is 1. The maximum Gasteiger partial charge on any atom is 0.303 e. The van der Waals surface area contributed by atoms with Gasteiger partial charge in [-0.1, -0.05) is 73.7 Å². The molecular weight excluding hydrogens is 422 g/mol. The fraction of sp³-hybridized carbons (Fsp3) is 0.300. The van der Waals surface area contributed by atoms with Crippen LogP contribution in [0.4, 0.5) is 0 Å². The Bertz CT molecular complexity index is 1110. The Morgan fingerprint density at radius 3 is 2.06 bits per heavy atom. The Morgan fingerprint density at radius 1 is 0.882 bits per heavy atom. The van der Waals surface area contributed by atoms with Crippen molar-refractivity contribution in [3.05, 3.63) is 101 Å². The molecule has 1 aliphatic carbocycles. The number of allylic oxidation sites excluding steroid dienone is 1. The highest BCUT2D eigenvalue weighted by Crippen LogP contribution is 2.36. The molecule has 0 aromatic heterocycles. The summed E-state index contributed by atoms with van der Waals surface area (Å²) in [5.74, 6) is -0.140. The number of aliphatic carboxylic acids is 1. The minimum absolute atomic E-state index is 0.0502. The van der Waals surface area contributed by atoms with Crippen LogP contribution in [0.3, 0.4) is 0 Å². The van der Waals surface area contributed by atoms with Gasteiger partial charge in [-0.25, -0.2) is 0 Å². The summed E-state index contributed by atoms with van der Waals surface area (Å²) in [7, 11) is 0. The number of hydrogen-bond acceptors (Lipinski definition) is 3. The highest BCUT2D eigenvalue weighted by molar-refractivity contribution is 5.99. The van der Waals surface area contributed by atoms with E-state index in [9.17, 15) is 15.0 Å². The van der Waals surface area contributed by atoms with Crippen molar-refractivity contribution in [2.24, 2.45) is 0 Å². The van der Waals surface area contributed by atoms with Gasteiger partial charge in [-0.2, -0.15) is 0 Å². The van der Waals surface area contributed by atoms with Gasteiger partial charge in [0.2, 0.25) is 0 Å². The summed E-state index contributed by atoms with van der Waals surface area (Å²) in [5.41, 5.74) is 6.32. The number of carboxylic acid groups (broad SMARTS) is 1. The monoisotopic (exact) mass is 455 g/mol. The summed E-state index contributed by atoms with van der Waals surface area (Å²) in [6, 6.07) is 26.6. The number of carboxylic acids is 1. The predicted molar refractivity (Wildman–Crippen MR) is 138 cm³/mol. The Balaban J connectivity index is 1.77. The van der Waals surface area contributed by atoms with E-state index in [2.05, 4.69) is 36.5 Å². The van der Waals surface area contributed by atoms with E-state index in [0.717, 1.165) is 40.8 Å². The number of phenols is 1. The third-order valence-electron chi connectivity index (χ3n) is 6.56. The molecule has 0 saturated heterocycles. The van der Waals surface area contributed by atoms with Gasteiger partial charge in [-0.15, -0.1) is 0 Å². The van der Waals surface area contributed by atoms with Crippen LogP contribution < -0.4 is 5.32 Å². The summed E-state index contributed by atoms with van der Waals surface area (Å²) in [4.78, 5) is 11.5. The van der Waals surface area contributed by atoms with E-state index < -0.39 is 5.97 Å². The summed E-state index contributed by atoms with van der Waals surface area (Å²) >= 11 is 0. The zero-order valence-electron chi connectivity index (χ0n) is 19.7. The van der Waals surface area contributed by atoms with Crippen LogP contribution in [0.1, 0.15) is 67.2 Å². The van der Waals surface area contributed by atoms with Crippen molar-refractivity contribution < 1.29 is 15.0 Å². The molecule has 34 heavy (non-hydrogen) atoms. The molecule has 0 radical (unpaired) electrons. The van der Waals surface area contributed by atoms with Crippen LogP contribution in [-0.4, -0.2) is 28.8 Å². The van der Waals surface area contributed by atoms with Crippen molar-refractivity contribution in [3.8, 4) is 5.75 Å². The molecule has 1 atom stereocenters. The number of phenolic OH excluding ortho intramolecular Hbond substituents is 1. The van der Waals surface area contributed by atoms with Crippen LogP contribution in [-0.2, 0) is 4.79 Å². The van der Waals surface area contributed by atoms with Gasteiger partial charge in [0.15, 0.2) is 0 Å². The SMILES string of the molecule is CCC(CNC1CC1)c1ccc(/C(=C(/CCC(=O)O)c2ccccc2)c2ccc(O)cc2)cc1. The normalized spacial score (nSPS) is 15.0. The molecule has 3 aromatic carbocycles. The lowest BCUT2D eigenvalue weighted by atomic mass is 9.86. The molecule has 1 saturated carbocycles. The molecule has 4 nitrogen and oxygen atoms in total. The molecule has 3 aromatic rings. The second-order valence-corrected chi connectivity index (χ2v) is 9.07. The van der Waals surface area contributed by atoms with E-state index in [1.165, 1.54) is 18.4 Å². The first-order valence-electron chi connectivity index (χ1n) is 12.2. The van der Waals surface area contributed by atoms with E-state index in [-0.39, 0.29) is 12.2 Å². The van der Waals surface area contributed by atoms with Gasteiger partial charge in [0, 0.05) is 19.0 Å². The average Bonchev–Trinajstić information content (AvgIpc) is 3.68. The van der Waals surface area contributed by atoms with Crippen molar-refractivity contribution in [2.75, 3.05) is 6.54 Å². The lowest BCUT2D eigenvalue weighted by molar-refractivity contribution is -0.136. The summed E-state index contributed by atoms with van der Waals surface area (Å²) in [5, 5.41) is 22.9. The predicted octanol–water partition coefficient (Wildman–Crippen LogP) is 6.46. The zero-order chi connectivity index (χ0) is 23.9. The lowest BCUT2D eigenvalue weighted by Gasteiger charge is -2.19. The number of rotatable bonds is 11. The molecule has 1 unspecified atom stereocenters. The van der Waals surface area contributed by atoms with E-state index in [1.54, 1.807) is 12.1 Å². The number of hydrogen-bond donors (Lipinski definition) is 3. The van der Waals surface area contributed by atoms with Crippen molar-refractivity contribution >= 4 is 17.1 Å². The smallest absolute Gasteiger partial charge is 0.303 e. The summed E-state index contributed by atoms with van der Waals surface area (Å²) in [6.45, 7) is 3.23. The number of aromatic hydroxyl groups is 1. The van der Waals surface area contributed by atoms with Crippen molar-refractivity contribution in [3.63, 3.8) is 0 Å². The standard InChI is InChI=1S/C30H33NO3/c1-2-21(20-31-26-14-15-26)22-8-10-24(11-9-22)30(25-12-16-27(32)17-13-25)28(18-19-29(33)34)23-6-4-3-5-7-23/h3-13,16-17,21,26,31-32H,2,14-15,18-20H2,1H3,(H,33,34)/b30-28+. The van der Waals surface area contributed by atoms with Crippen molar-refractivity contribution in [1.82, 2.24) is 5.32 Å². The van der Waals surface area contributed by atoms with Gasteiger partial charge < -0.3 is 15.5 Å². The fourth-order valence-electron chi connectivity index (χ4n) is 4.44. The van der Waals surface area contributed by atoms with E-state index >= 15 is 0 Å². The average molecular weight is 456 g/mol.